The number of benzene rings is 2. The van der Waals surface area contributed by atoms with E-state index in [0.29, 0.717) is 28.0 Å². The Morgan fingerprint density at radius 3 is 2.52 bits per heavy atom. The molecule has 2 aromatic rings. The highest BCUT2D eigenvalue weighted by Gasteiger charge is 2.16. The van der Waals surface area contributed by atoms with Crippen LogP contribution in [0.4, 0.5) is 4.39 Å². The maximum atomic E-state index is 14.2. The van der Waals surface area contributed by atoms with Crippen LogP contribution in [0, 0.1) is 12.7 Å². The Bertz CT molecular complexity index is 724. The molecule has 112 valence electrons. The molecule has 0 fully saturated rings. The van der Waals surface area contributed by atoms with Crippen LogP contribution in [0.3, 0.4) is 0 Å². The highest BCUT2D eigenvalue weighted by atomic mass is 35.5. The van der Waals surface area contributed by atoms with Gasteiger partial charge in [-0.25, -0.2) is 4.39 Å². The fraction of sp³-hybridized carbons (Fsp3) is 0.333. The van der Waals surface area contributed by atoms with Crippen molar-refractivity contribution in [3.8, 4) is 16.9 Å². The van der Waals surface area contributed by atoms with E-state index in [9.17, 15) is 4.39 Å². The van der Waals surface area contributed by atoms with E-state index in [1.165, 1.54) is 13.2 Å². The summed E-state index contributed by atoms with van der Waals surface area (Å²) in [7, 11) is 1.47. The second-order valence-corrected chi connectivity index (χ2v) is 5.56. The summed E-state index contributed by atoms with van der Waals surface area (Å²) in [6.07, 6.45) is 0. The standard InChI is InChI=1S/C18H20ClFO/c1-11(2)15-8-16(18(21-4)9-17(15)20)14-6-5-12(3)7-13(14)10-19/h5-9,11H,10H2,1-4H3/i10D2. The lowest BCUT2D eigenvalue weighted by molar-refractivity contribution is 0.412. The predicted molar refractivity (Wildman–Crippen MR) is 86.8 cm³/mol. The van der Waals surface area contributed by atoms with Crippen LogP contribution in [0.25, 0.3) is 11.1 Å². The topological polar surface area (TPSA) is 9.23 Å². The van der Waals surface area contributed by atoms with Gasteiger partial charge in [0.2, 0.25) is 0 Å². The van der Waals surface area contributed by atoms with Crippen molar-refractivity contribution in [2.75, 3.05) is 7.11 Å². The van der Waals surface area contributed by atoms with Gasteiger partial charge >= 0.3 is 0 Å². The van der Waals surface area contributed by atoms with E-state index in [-0.39, 0.29) is 11.7 Å². The van der Waals surface area contributed by atoms with Gasteiger partial charge in [-0.05, 0) is 35.6 Å². The van der Waals surface area contributed by atoms with Crippen molar-refractivity contribution < 1.29 is 11.9 Å². The zero-order chi connectivity index (χ0) is 17.4. The molecular weight excluding hydrogens is 287 g/mol. The number of halogens is 2. The molecule has 0 aliphatic carbocycles. The van der Waals surface area contributed by atoms with Gasteiger partial charge in [0, 0.05) is 20.2 Å². The molecule has 2 rings (SSSR count). The Kier molecular flexibility index (Phi) is 4.06. The zero-order valence-corrected chi connectivity index (χ0v) is 13.4. The van der Waals surface area contributed by atoms with Crippen molar-refractivity contribution in [2.24, 2.45) is 0 Å². The van der Waals surface area contributed by atoms with E-state index >= 15 is 0 Å². The normalized spacial score (nSPS) is 13.1. The molecule has 0 spiro atoms. The predicted octanol–water partition coefficient (Wildman–Crippen LogP) is 5.67. The molecule has 0 radical (unpaired) electrons. The molecule has 0 aliphatic rings. The number of hydrogen-bond donors (Lipinski definition) is 0. The molecule has 0 saturated heterocycles. The van der Waals surface area contributed by atoms with E-state index in [2.05, 4.69) is 0 Å². The fourth-order valence-corrected chi connectivity index (χ4v) is 2.52. The molecule has 0 heterocycles. The average molecular weight is 309 g/mol. The Morgan fingerprint density at radius 1 is 1.24 bits per heavy atom. The molecule has 2 aromatic carbocycles. The SMILES string of the molecule is [2H]C([2H])(Cl)c1cc(C)ccc1-c1cc(C(C)C)c(F)cc1OC. The van der Waals surface area contributed by atoms with Gasteiger partial charge in [0.1, 0.15) is 11.6 Å². The minimum atomic E-state index is -2.03. The monoisotopic (exact) mass is 308 g/mol. The summed E-state index contributed by atoms with van der Waals surface area (Å²) in [4.78, 5) is 0. The number of rotatable bonds is 4. The third-order valence-corrected chi connectivity index (χ3v) is 3.71. The number of hydrogen-bond acceptors (Lipinski definition) is 1. The van der Waals surface area contributed by atoms with Crippen molar-refractivity contribution in [3.05, 3.63) is 52.8 Å². The van der Waals surface area contributed by atoms with Gasteiger partial charge in [0.25, 0.3) is 0 Å². The number of methoxy groups -OCH3 is 1. The fourth-order valence-electron chi connectivity index (χ4n) is 2.36. The minimum absolute atomic E-state index is 0.00122. The summed E-state index contributed by atoms with van der Waals surface area (Å²) in [6, 6.07) is 8.44. The molecule has 0 saturated carbocycles. The van der Waals surface area contributed by atoms with Crippen LogP contribution < -0.4 is 4.74 Å². The van der Waals surface area contributed by atoms with Crippen LogP contribution >= 0.6 is 11.6 Å². The average Bonchev–Trinajstić information content (AvgIpc) is 2.45. The molecule has 0 aliphatic heterocycles. The molecule has 0 unspecified atom stereocenters. The summed E-state index contributed by atoms with van der Waals surface area (Å²) >= 11 is 5.93. The first-order chi connectivity index (χ1) is 10.6. The van der Waals surface area contributed by atoms with Gasteiger partial charge in [-0.1, -0.05) is 37.6 Å². The molecule has 0 bridgehead atoms. The third-order valence-electron chi connectivity index (χ3n) is 3.51. The quantitative estimate of drug-likeness (QED) is 0.661. The summed E-state index contributed by atoms with van der Waals surface area (Å²) in [5.74, 6) is -2.00. The van der Waals surface area contributed by atoms with Gasteiger partial charge in [-0.15, -0.1) is 11.6 Å². The number of aryl methyl sites for hydroxylation is 1. The van der Waals surface area contributed by atoms with Crippen molar-refractivity contribution in [1.29, 1.82) is 0 Å². The smallest absolute Gasteiger partial charge is 0.130 e. The number of alkyl halides is 1. The van der Waals surface area contributed by atoms with Crippen molar-refractivity contribution in [1.82, 2.24) is 0 Å². The Hall–Kier alpha value is -1.54. The highest BCUT2D eigenvalue weighted by Crippen LogP contribution is 2.37. The van der Waals surface area contributed by atoms with Gasteiger partial charge in [-0.2, -0.15) is 0 Å². The second-order valence-electron chi connectivity index (χ2n) is 5.37. The van der Waals surface area contributed by atoms with E-state index in [4.69, 9.17) is 19.1 Å². The molecule has 3 heteroatoms. The van der Waals surface area contributed by atoms with E-state index in [1.54, 1.807) is 18.2 Å². The van der Waals surface area contributed by atoms with Crippen LogP contribution in [0.2, 0.25) is 0 Å². The zero-order valence-electron chi connectivity index (χ0n) is 14.6. The molecule has 1 nitrogen and oxygen atoms in total. The van der Waals surface area contributed by atoms with Gasteiger partial charge in [-0.3, -0.25) is 0 Å². The largest absolute Gasteiger partial charge is 0.496 e. The van der Waals surface area contributed by atoms with E-state index in [0.717, 1.165) is 5.56 Å². The summed E-state index contributed by atoms with van der Waals surface area (Å²) < 4.78 is 35.3. The summed E-state index contributed by atoms with van der Waals surface area (Å²) in [6.45, 7) is 5.69. The van der Waals surface area contributed by atoms with Gasteiger partial charge < -0.3 is 4.74 Å². The second kappa shape index (κ2) is 6.48. The van der Waals surface area contributed by atoms with Crippen molar-refractivity contribution >= 4 is 11.6 Å². The molecule has 21 heavy (non-hydrogen) atoms. The lowest BCUT2D eigenvalue weighted by Gasteiger charge is -2.16. The Balaban J connectivity index is 2.78. The number of ether oxygens (including phenoxy) is 1. The van der Waals surface area contributed by atoms with Crippen molar-refractivity contribution in [2.45, 2.75) is 32.5 Å². The van der Waals surface area contributed by atoms with Crippen LogP contribution in [-0.4, -0.2) is 7.11 Å². The van der Waals surface area contributed by atoms with Crippen molar-refractivity contribution in [3.63, 3.8) is 0 Å². The van der Waals surface area contributed by atoms with E-state index in [1.807, 2.05) is 26.8 Å². The summed E-state index contributed by atoms with van der Waals surface area (Å²) in [5, 5.41) is 0. The first kappa shape index (κ1) is 13.1. The lowest BCUT2D eigenvalue weighted by Crippen LogP contribution is -1.99. The highest BCUT2D eigenvalue weighted by molar-refractivity contribution is 6.17. The van der Waals surface area contributed by atoms with Gasteiger partial charge in [0.15, 0.2) is 0 Å². The Morgan fingerprint density at radius 2 is 1.95 bits per heavy atom. The summed E-state index contributed by atoms with van der Waals surface area (Å²) in [5.41, 5.74) is 3.05. The third kappa shape index (κ3) is 3.21. The van der Waals surface area contributed by atoms with E-state index < -0.39 is 5.83 Å². The molecule has 0 aromatic heterocycles. The minimum Gasteiger partial charge on any atom is -0.496 e. The molecular formula is C18H20ClFO. The molecule has 0 amide bonds. The van der Waals surface area contributed by atoms with Crippen LogP contribution in [-0.2, 0) is 5.83 Å². The first-order valence-electron chi connectivity index (χ1n) is 7.83. The lowest BCUT2D eigenvalue weighted by atomic mass is 9.93. The van der Waals surface area contributed by atoms with Crippen LogP contribution in [0.15, 0.2) is 30.3 Å². The van der Waals surface area contributed by atoms with Gasteiger partial charge in [0.05, 0.1) is 7.11 Å². The van der Waals surface area contributed by atoms with Crippen LogP contribution in [0.5, 0.6) is 5.75 Å². The maximum absolute atomic E-state index is 14.2. The molecule has 0 N–H and O–H groups in total. The molecule has 0 atom stereocenters. The Labute approximate surface area is 133 Å². The first-order valence-corrected chi connectivity index (χ1v) is 7.20. The maximum Gasteiger partial charge on any atom is 0.130 e. The van der Waals surface area contributed by atoms with Crippen LogP contribution in [0.1, 0.15) is 39.2 Å².